The van der Waals surface area contributed by atoms with Crippen LogP contribution >= 0.6 is 11.6 Å². The Balaban J connectivity index is 1.87. The minimum absolute atomic E-state index is 0.129. The Kier molecular flexibility index (Phi) is 6.07. The van der Waals surface area contributed by atoms with Crippen molar-refractivity contribution in [3.8, 4) is 23.4 Å². The second-order valence-corrected chi connectivity index (χ2v) is 6.24. The predicted octanol–water partition coefficient (Wildman–Crippen LogP) is 5.51. The first kappa shape index (κ1) is 19.9. The molecule has 0 N–H and O–H groups in total. The summed E-state index contributed by atoms with van der Waals surface area (Å²) in [7, 11) is 1.49. The molecule has 0 aliphatic carbocycles. The molecule has 8 heteroatoms. The van der Waals surface area contributed by atoms with Crippen LogP contribution in [0.4, 0.5) is 5.69 Å². The Hall–Kier alpha value is -3.89. The molecule has 0 atom stereocenters. The lowest BCUT2D eigenvalue weighted by molar-refractivity contribution is -0.385. The van der Waals surface area contributed by atoms with Gasteiger partial charge >= 0.3 is 0 Å². The molecule has 7 nitrogen and oxygen atoms in total. The van der Waals surface area contributed by atoms with E-state index in [1.165, 1.54) is 19.2 Å². The molecule has 3 rings (SSSR count). The standard InChI is InChI=1S/C21H14ClN3O4/c1-28-20-11-14(10-16(12-23)15-3-5-17(22)6-4-15)2-8-19(20)29-21-9-7-18(13-24-21)25(26)27/h2-11,13H,1H3/b16-10+. The van der Waals surface area contributed by atoms with Gasteiger partial charge in [0.1, 0.15) is 6.20 Å². The first-order chi connectivity index (χ1) is 14.0. The van der Waals surface area contributed by atoms with Crippen LogP contribution in [0.25, 0.3) is 11.6 Å². The van der Waals surface area contributed by atoms with Crippen LogP contribution in [0.1, 0.15) is 11.1 Å². The Morgan fingerprint density at radius 3 is 2.52 bits per heavy atom. The molecule has 29 heavy (non-hydrogen) atoms. The van der Waals surface area contributed by atoms with Gasteiger partial charge in [0.2, 0.25) is 5.88 Å². The van der Waals surface area contributed by atoms with E-state index in [-0.39, 0.29) is 11.6 Å². The summed E-state index contributed by atoms with van der Waals surface area (Å²) in [5.41, 5.74) is 1.81. The summed E-state index contributed by atoms with van der Waals surface area (Å²) in [6.07, 6.45) is 2.84. The number of ether oxygens (including phenoxy) is 2. The van der Waals surface area contributed by atoms with Crippen molar-refractivity contribution >= 4 is 28.9 Å². The lowest BCUT2D eigenvalue weighted by atomic mass is 10.0. The molecule has 0 radical (unpaired) electrons. The highest BCUT2D eigenvalue weighted by Gasteiger charge is 2.11. The van der Waals surface area contributed by atoms with Crippen molar-refractivity contribution in [3.05, 3.63) is 87.1 Å². The number of nitriles is 1. The molecule has 0 fully saturated rings. The van der Waals surface area contributed by atoms with Crippen molar-refractivity contribution in [2.75, 3.05) is 7.11 Å². The van der Waals surface area contributed by atoms with Gasteiger partial charge < -0.3 is 9.47 Å². The fourth-order valence-corrected chi connectivity index (χ4v) is 2.61. The maximum absolute atomic E-state index is 10.7. The van der Waals surface area contributed by atoms with Gasteiger partial charge in [-0.05, 0) is 41.5 Å². The van der Waals surface area contributed by atoms with Crippen molar-refractivity contribution < 1.29 is 14.4 Å². The van der Waals surface area contributed by atoms with Gasteiger partial charge in [0.15, 0.2) is 11.5 Å². The summed E-state index contributed by atoms with van der Waals surface area (Å²) in [6, 6.07) is 17.0. The van der Waals surface area contributed by atoms with Crippen LogP contribution in [-0.4, -0.2) is 17.0 Å². The van der Waals surface area contributed by atoms with Gasteiger partial charge in [0.05, 0.1) is 23.7 Å². The van der Waals surface area contributed by atoms with Crippen LogP contribution < -0.4 is 9.47 Å². The normalized spacial score (nSPS) is 10.9. The van der Waals surface area contributed by atoms with Crippen LogP contribution in [0.15, 0.2) is 60.8 Å². The number of rotatable bonds is 6. The molecule has 0 spiro atoms. The summed E-state index contributed by atoms with van der Waals surface area (Å²) in [5.74, 6) is 0.999. The molecule has 144 valence electrons. The molecule has 2 aromatic carbocycles. The molecule has 0 aliphatic heterocycles. The summed E-state index contributed by atoms with van der Waals surface area (Å²) in [6.45, 7) is 0. The average molecular weight is 408 g/mol. The van der Waals surface area contributed by atoms with E-state index in [9.17, 15) is 15.4 Å². The zero-order valence-electron chi connectivity index (χ0n) is 15.2. The van der Waals surface area contributed by atoms with Crippen LogP contribution in [0.3, 0.4) is 0 Å². The number of benzene rings is 2. The maximum Gasteiger partial charge on any atom is 0.287 e. The summed E-state index contributed by atoms with van der Waals surface area (Å²) in [4.78, 5) is 14.1. The third kappa shape index (κ3) is 4.89. The van der Waals surface area contributed by atoms with Crippen molar-refractivity contribution in [2.45, 2.75) is 0 Å². The quantitative estimate of drug-likeness (QED) is 0.231. The molecule has 0 aliphatic rings. The number of hydrogen-bond donors (Lipinski definition) is 0. The highest BCUT2D eigenvalue weighted by molar-refractivity contribution is 6.30. The molecule has 3 aromatic rings. The SMILES string of the molecule is COc1cc(/C=C(\C#N)c2ccc(Cl)cc2)ccc1Oc1ccc([N+](=O)[O-])cn1. The Morgan fingerprint density at radius 2 is 1.93 bits per heavy atom. The molecule has 0 amide bonds. The number of aromatic nitrogens is 1. The van der Waals surface area contributed by atoms with E-state index < -0.39 is 4.92 Å². The number of nitrogens with zero attached hydrogens (tertiary/aromatic N) is 3. The highest BCUT2D eigenvalue weighted by Crippen LogP contribution is 2.33. The van der Waals surface area contributed by atoms with Gasteiger partial charge in [-0.1, -0.05) is 29.8 Å². The number of halogens is 1. The first-order valence-electron chi connectivity index (χ1n) is 8.34. The zero-order valence-corrected chi connectivity index (χ0v) is 16.0. The lowest BCUT2D eigenvalue weighted by Crippen LogP contribution is -1.94. The number of methoxy groups -OCH3 is 1. The van der Waals surface area contributed by atoms with Crippen LogP contribution in [0.5, 0.6) is 17.4 Å². The minimum atomic E-state index is -0.536. The Morgan fingerprint density at radius 1 is 1.17 bits per heavy atom. The number of pyridine rings is 1. The molecule has 0 saturated heterocycles. The van der Waals surface area contributed by atoms with E-state index in [0.29, 0.717) is 22.1 Å². The third-order valence-corrected chi connectivity index (χ3v) is 4.17. The van der Waals surface area contributed by atoms with Gasteiger partial charge in [-0.15, -0.1) is 0 Å². The molecule has 0 bridgehead atoms. The van der Waals surface area contributed by atoms with Crippen LogP contribution in [0.2, 0.25) is 5.02 Å². The van der Waals surface area contributed by atoms with Gasteiger partial charge in [-0.25, -0.2) is 4.98 Å². The number of nitro groups is 1. The van der Waals surface area contributed by atoms with Crippen molar-refractivity contribution in [1.29, 1.82) is 5.26 Å². The second-order valence-electron chi connectivity index (χ2n) is 5.80. The van der Waals surface area contributed by atoms with Gasteiger partial charge in [-0.2, -0.15) is 5.26 Å². The summed E-state index contributed by atoms with van der Waals surface area (Å²) in [5, 5.41) is 20.8. The molecule has 1 aromatic heterocycles. The molecule has 1 heterocycles. The van der Waals surface area contributed by atoms with Crippen molar-refractivity contribution in [3.63, 3.8) is 0 Å². The predicted molar refractivity (Wildman–Crippen MR) is 109 cm³/mol. The van der Waals surface area contributed by atoms with Crippen LogP contribution in [0, 0.1) is 21.4 Å². The smallest absolute Gasteiger partial charge is 0.287 e. The van der Waals surface area contributed by atoms with E-state index >= 15 is 0 Å². The zero-order chi connectivity index (χ0) is 20.8. The van der Waals surface area contributed by atoms with Crippen molar-refractivity contribution in [1.82, 2.24) is 4.98 Å². The van der Waals surface area contributed by atoms with Crippen molar-refractivity contribution in [2.24, 2.45) is 0 Å². The van der Waals surface area contributed by atoms with Gasteiger partial charge in [0.25, 0.3) is 5.69 Å². The number of hydrogen-bond acceptors (Lipinski definition) is 6. The van der Waals surface area contributed by atoms with Gasteiger partial charge in [0, 0.05) is 17.2 Å². The molecule has 0 saturated carbocycles. The highest BCUT2D eigenvalue weighted by atomic mass is 35.5. The van der Waals surface area contributed by atoms with E-state index in [1.807, 2.05) is 0 Å². The topological polar surface area (TPSA) is 98.3 Å². The van der Waals surface area contributed by atoms with E-state index in [1.54, 1.807) is 48.5 Å². The second kappa shape index (κ2) is 8.87. The lowest BCUT2D eigenvalue weighted by Gasteiger charge is -2.10. The van der Waals surface area contributed by atoms with Crippen LogP contribution in [-0.2, 0) is 0 Å². The third-order valence-electron chi connectivity index (χ3n) is 3.92. The monoisotopic (exact) mass is 407 g/mol. The fraction of sp³-hybridized carbons (Fsp3) is 0.0476. The van der Waals surface area contributed by atoms with E-state index in [4.69, 9.17) is 21.1 Å². The first-order valence-corrected chi connectivity index (χ1v) is 8.72. The minimum Gasteiger partial charge on any atom is -0.493 e. The van der Waals surface area contributed by atoms with E-state index in [2.05, 4.69) is 11.1 Å². The largest absolute Gasteiger partial charge is 0.493 e. The summed E-state index contributed by atoms with van der Waals surface area (Å²) >= 11 is 5.90. The average Bonchev–Trinajstić information content (AvgIpc) is 2.74. The fourth-order valence-electron chi connectivity index (χ4n) is 2.49. The molecular formula is C21H14ClN3O4. The summed E-state index contributed by atoms with van der Waals surface area (Å²) < 4.78 is 11.0. The molecular weight excluding hydrogens is 394 g/mol. The Labute approximate surface area is 171 Å². The van der Waals surface area contributed by atoms with Gasteiger partial charge in [-0.3, -0.25) is 10.1 Å². The maximum atomic E-state index is 10.7. The number of allylic oxidation sites excluding steroid dienone is 1. The Bertz CT molecular complexity index is 1100. The molecule has 0 unspecified atom stereocenters. The van der Waals surface area contributed by atoms with E-state index in [0.717, 1.165) is 17.3 Å².